The molecule has 0 aliphatic carbocycles. The number of nitrogens with one attached hydrogen (secondary N) is 1. The standard InChI is InChI=1S/C13H20N2O4/c1-3-10(9-12(16)17)14-13(18)11-5-4-6-15(11)7-8-19-2/h4-6,10H,3,7-9H2,1-2H3,(H,14,18)(H,16,17). The van der Waals surface area contributed by atoms with E-state index in [1.54, 1.807) is 30.0 Å². The van der Waals surface area contributed by atoms with Crippen molar-refractivity contribution in [2.75, 3.05) is 13.7 Å². The van der Waals surface area contributed by atoms with Gasteiger partial charge < -0.3 is 19.7 Å². The van der Waals surface area contributed by atoms with Gasteiger partial charge in [0.1, 0.15) is 5.69 Å². The number of carbonyl (C=O) groups excluding carboxylic acids is 1. The lowest BCUT2D eigenvalue weighted by Crippen LogP contribution is -2.37. The first-order valence-corrected chi connectivity index (χ1v) is 6.25. The van der Waals surface area contributed by atoms with Gasteiger partial charge in [0.2, 0.25) is 0 Å². The van der Waals surface area contributed by atoms with Crippen LogP contribution < -0.4 is 5.32 Å². The fourth-order valence-corrected chi connectivity index (χ4v) is 1.77. The molecule has 19 heavy (non-hydrogen) atoms. The summed E-state index contributed by atoms with van der Waals surface area (Å²) in [6.07, 6.45) is 2.31. The highest BCUT2D eigenvalue weighted by atomic mass is 16.5. The summed E-state index contributed by atoms with van der Waals surface area (Å²) in [6.45, 7) is 2.95. The fraction of sp³-hybridized carbons (Fsp3) is 0.538. The van der Waals surface area contributed by atoms with Crippen LogP contribution in [-0.4, -0.2) is 41.3 Å². The molecule has 0 saturated carbocycles. The number of carboxylic acid groups (broad SMARTS) is 1. The SMILES string of the molecule is CCC(CC(=O)O)NC(=O)c1cccn1CCOC. The van der Waals surface area contributed by atoms with Crippen LogP contribution >= 0.6 is 0 Å². The molecule has 0 saturated heterocycles. The van der Waals surface area contributed by atoms with E-state index in [-0.39, 0.29) is 18.4 Å². The van der Waals surface area contributed by atoms with Crippen molar-refractivity contribution in [1.82, 2.24) is 9.88 Å². The van der Waals surface area contributed by atoms with E-state index in [1.807, 2.05) is 6.92 Å². The maximum atomic E-state index is 12.1. The van der Waals surface area contributed by atoms with Crippen molar-refractivity contribution < 1.29 is 19.4 Å². The molecular weight excluding hydrogens is 248 g/mol. The van der Waals surface area contributed by atoms with Crippen LogP contribution in [0.1, 0.15) is 30.3 Å². The van der Waals surface area contributed by atoms with Crippen LogP contribution in [0.4, 0.5) is 0 Å². The molecule has 1 amide bonds. The molecule has 2 N–H and O–H groups in total. The monoisotopic (exact) mass is 268 g/mol. The van der Waals surface area contributed by atoms with E-state index in [9.17, 15) is 9.59 Å². The molecular formula is C13H20N2O4. The number of amides is 1. The van der Waals surface area contributed by atoms with Gasteiger partial charge in [-0.15, -0.1) is 0 Å². The Kier molecular flexibility index (Phi) is 6.08. The summed E-state index contributed by atoms with van der Waals surface area (Å²) in [6, 6.07) is 3.14. The second-order valence-corrected chi connectivity index (χ2v) is 4.26. The van der Waals surface area contributed by atoms with Gasteiger partial charge in [-0.1, -0.05) is 6.92 Å². The van der Waals surface area contributed by atoms with Gasteiger partial charge in [0.05, 0.1) is 13.0 Å². The zero-order valence-corrected chi connectivity index (χ0v) is 11.3. The highest BCUT2D eigenvalue weighted by Gasteiger charge is 2.17. The molecule has 6 nitrogen and oxygen atoms in total. The molecule has 1 heterocycles. The quantitative estimate of drug-likeness (QED) is 0.740. The molecule has 1 aromatic rings. The van der Waals surface area contributed by atoms with Crippen LogP contribution in [0.2, 0.25) is 0 Å². The molecule has 6 heteroatoms. The summed E-state index contributed by atoms with van der Waals surface area (Å²) in [4.78, 5) is 22.7. The average Bonchev–Trinajstić information content (AvgIpc) is 2.83. The van der Waals surface area contributed by atoms with E-state index < -0.39 is 5.97 Å². The van der Waals surface area contributed by atoms with E-state index >= 15 is 0 Å². The lowest BCUT2D eigenvalue weighted by atomic mass is 10.1. The number of rotatable bonds is 8. The number of aromatic nitrogens is 1. The van der Waals surface area contributed by atoms with Crippen molar-refractivity contribution in [2.45, 2.75) is 32.4 Å². The fourth-order valence-electron chi connectivity index (χ4n) is 1.77. The number of hydrogen-bond acceptors (Lipinski definition) is 3. The van der Waals surface area contributed by atoms with Gasteiger partial charge >= 0.3 is 5.97 Å². The van der Waals surface area contributed by atoms with Crippen LogP contribution in [0.25, 0.3) is 0 Å². The predicted molar refractivity (Wildman–Crippen MR) is 70.1 cm³/mol. The number of nitrogens with zero attached hydrogens (tertiary/aromatic N) is 1. The predicted octanol–water partition coefficient (Wildman–Crippen LogP) is 1.12. The Hall–Kier alpha value is -1.82. The van der Waals surface area contributed by atoms with Crippen LogP contribution in [0.15, 0.2) is 18.3 Å². The van der Waals surface area contributed by atoms with E-state index in [4.69, 9.17) is 9.84 Å². The summed E-state index contributed by atoms with van der Waals surface area (Å²) in [5.74, 6) is -1.17. The van der Waals surface area contributed by atoms with E-state index in [0.717, 1.165) is 0 Å². The Morgan fingerprint density at radius 3 is 2.84 bits per heavy atom. The Morgan fingerprint density at radius 2 is 2.26 bits per heavy atom. The van der Waals surface area contributed by atoms with Gasteiger partial charge in [-0.05, 0) is 18.6 Å². The Balaban J connectivity index is 2.66. The lowest BCUT2D eigenvalue weighted by molar-refractivity contribution is -0.137. The minimum atomic E-state index is -0.915. The normalized spacial score (nSPS) is 12.1. The van der Waals surface area contributed by atoms with Gasteiger partial charge in [0.15, 0.2) is 0 Å². The van der Waals surface area contributed by atoms with Crippen LogP contribution in [0, 0.1) is 0 Å². The van der Waals surface area contributed by atoms with E-state index in [2.05, 4.69) is 5.32 Å². The molecule has 1 unspecified atom stereocenters. The van der Waals surface area contributed by atoms with Crippen LogP contribution in [-0.2, 0) is 16.1 Å². The number of carboxylic acids is 1. The van der Waals surface area contributed by atoms with Crippen molar-refractivity contribution in [1.29, 1.82) is 0 Å². The summed E-state index contributed by atoms with van der Waals surface area (Å²) in [5.41, 5.74) is 0.515. The minimum absolute atomic E-state index is 0.0684. The number of carbonyl (C=O) groups is 2. The van der Waals surface area contributed by atoms with Crippen LogP contribution in [0.5, 0.6) is 0 Å². The first-order valence-electron chi connectivity index (χ1n) is 6.25. The topological polar surface area (TPSA) is 80.6 Å². The molecule has 0 radical (unpaired) electrons. The van der Waals surface area contributed by atoms with Crippen molar-refractivity contribution in [3.05, 3.63) is 24.0 Å². The molecule has 1 atom stereocenters. The Labute approximate surface area is 112 Å². The van der Waals surface area contributed by atoms with Gasteiger partial charge in [0.25, 0.3) is 5.91 Å². The molecule has 1 aromatic heterocycles. The number of hydrogen-bond donors (Lipinski definition) is 2. The Morgan fingerprint density at radius 1 is 1.53 bits per heavy atom. The van der Waals surface area contributed by atoms with E-state index in [1.165, 1.54) is 0 Å². The highest BCUT2D eigenvalue weighted by Crippen LogP contribution is 2.05. The minimum Gasteiger partial charge on any atom is -0.481 e. The zero-order chi connectivity index (χ0) is 14.3. The maximum Gasteiger partial charge on any atom is 0.305 e. The zero-order valence-electron chi connectivity index (χ0n) is 11.3. The lowest BCUT2D eigenvalue weighted by Gasteiger charge is -2.16. The highest BCUT2D eigenvalue weighted by molar-refractivity contribution is 5.93. The van der Waals surface area contributed by atoms with Gasteiger partial charge in [-0.3, -0.25) is 9.59 Å². The van der Waals surface area contributed by atoms with Crippen molar-refractivity contribution >= 4 is 11.9 Å². The second-order valence-electron chi connectivity index (χ2n) is 4.26. The summed E-state index contributed by atoms with van der Waals surface area (Å²) in [7, 11) is 1.60. The summed E-state index contributed by atoms with van der Waals surface area (Å²) in [5, 5.41) is 11.5. The molecule has 0 aromatic carbocycles. The molecule has 0 fully saturated rings. The third-order valence-electron chi connectivity index (χ3n) is 2.85. The van der Waals surface area contributed by atoms with Crippen molar-refractivity contribution in [3.63, 3.8) is 0 Å². The molecule has 0 aliphatic rings. The second kappa shape index (κ2) is 7.58. The Bertz CT molecular complexity index is 428. The number of aliphatic carboxylic acids is 1. The first-order chi connectivity index (χ1) is 9.08. The van der Waals surface area contributed by atoms with Gasteiger partial charge in [0, 0.05) is 25.9 Å². The molecule has 106 valence electrons. The number of methoxy groups -OCH3 is 1. The molecule has 0 spiro atoms. The first kappa shape index (κ1) is 15.2. The summed E-state index contributed by atoms with van der Waals surface area (Å²) < 4.78 is 6.76. The van der Waals surface area contributed by atoms with Crippen molar-refractivity contribution in [2.24, 2.45) is 0 Å². The molecule has 1 rings (SSSR count). The summed E-state index contributed by atoms with van der Waals surface area (Å²) >= 11 is 0. The third-order valence-corrected chi connectivity index (χ3v) is 2.85. The maximum absolute atomic E-state index is 12.1. The molecule has 0 aliphatic heterocycles. The van der Waals surface area contributed by atoms with Crippen LogP contribution in [0.3, 0.4) is 0 Å². The van der Waals surface area contributed by atoms with Gasteiger partial charge in [-0.2, -0.15) is 0 Å². The largest absolute Gasteiger partial charge is 0.481 e. The smallest absolute Gasteiger partial charge is 0.305 e. The third kappa shape index (κ3) is 4.75. The molecule has 0 bridgehead atoms. The average molecular weight is 268 g/mol. The number of ether oxygens (including phenoxy) is 1. The van der Waals surface area contributed by atoms with Gasteiger partial charge in [-0.25, -0.2) is 0 Å². The van der Waals surface area contributed by atoms with Crippen molar-refractivity contribution in [3.8, 4) is 0 Å². The van der Waals surface area contributed by atoms with E-state index in [0.29, 0.717) is 25.3 Å².